The molecule has 6 nitrogen and oxygen atoms in total. The summed E-state index contributed by atoms with van der Waals surface area (Å²) in [5, 5.41) is 0. The van der Waals surface area contributed by atoms with E-state index in [4.69, 9.17) is 8.05 Å². The predicted octanol–water partition coefficient (Wildman–Crippen LogP) is 3.60. The highest BCUT2D eigenvalue weighted by atomic mass is 16.5. The zero-order chi connectivity index (χ0) is 25.3. The average Bonchev–Trinajstić information content (AvgIpc) is 2.78. The number of carbonyl (C=O) groups excluding carboxylic acids is 2. The van der Waals surface area contributed by atoms with Crippen molar-refractivity contribution >= 4 is 19.9 Å². The Morgan fingerprint density at radius 3 is 2.12 bits per heavy atom. The summed E-state index contributed by atoms with van der Waals surface area (Å²) in [4.78, 5) is 41.2. The molecule has 1 atom stereocenters. The molecule has 0 aliphatic rings. The van der Waals surface area contributed by atoms with Crippen molar-refractivity contribution in [3.05, 3.63) is 68.6 Å². The Morgan fingerprint density at radius 1 is 1.06 bits per heavy atom. The number of pyridine rings is 1. The van der Waals surface area contributed by atoms with Gasteiger partial charge in [-0.1, -0.05) is 30.3 Å². The number of nitrogens with zero attached hydrogens (tertiary/aromatic N) is 2. The van der Waals surface area contributed by atoms with Crippen LogP contribution in [0.1, 0.15) is 62.6 Å². The van der Waals surface area contributed by atoms with Gasteiger partial charge in [-0.3, -0.25) is 19.0 Å². The number of aromatic nitrogens is 1. The molecule has 1 aromatic heterocycles. The Balaban J connectivity index is 2.59. The fourth-order valence-corrected chi connectivity index (χ4v) is 4.30. The van der Waals surface area contributed by atoms with Crippen molar-refractivity contribution in [1.82, 2.24) is 9.47 Å². The van der Waals surface area contributed by atoms with Crippen LogP contribution in [0.3, 0.4) is 0 Å². The lowest BCUT2D eigenvalue weighted by Gasteiger charge is -2.41. The van der Waals surface area contributed by atoms with Crippen LogP contribution in [0.25, 0.3) is 0 Å². The molecule has 33 heavy (non-hydrogen) atoms. The fourth-order valence-electron chi connectivity index (χ4n) is 4.30. The second-order valence-electron chi connectivity index (χ2n) is 9.89. The minimum Gasteiger partial charge on any atom is -0.543 e. The lowest BCUT2D eigenvalue weighted by molar-refractivity contribution is -0.152. The Morgan fingerprint density at radius 2 is 1.61 bits per heavy atom. The fraction of sp³-hybridized carbons (Fsp3) is 0.500. The number of carbonyl (C=O) groups is 2. The van der Waals surface area contributed by atoms with Crippen LogP contribution in [0.4, 0.5) is 0 Å². The molecule has 0 saturated heterocycles. The number of amides is 1. The normalized spacial score (nSPS) is 12.9. The Labute approximate surface area is 198 Å². The molecule has 0 fully saturated rings. The van der Waals surface area contributed by atoms with E-state index in [1.54, 1.807) is 46.2 Å². The molecule has 2 radical (unpaired) electrons. The number of hydrogen-bond acceptors (Lipinski definition) is 4. The summed E-state index contributed by atoms with van der Waals surface area (Å²) in [6.07, 6.45) is 0.485. The molecule has 0 bridgehead atoms. The van der Waals surface area contributed by atoms with Crippen molar-refractivity contribution in [1.29, 1.82) is 0 Å². The van der Waals surface area contributed by atoms with E-state index in [9.17, 15) is 14.4 Å². The van der Waals surface area contributed by atoms with E-state index in [2.05, 4.69) is 4.65 Å². The molecule has 7 heteroatoms. The van der Waals surface area contributed by atoms with Crippen LogP contribution >= 0.6 is 0 Å². The maximum Gasteiger partial charge on any atom is 0.378 e. The van der Waals surface area contributed by atoms with Crippen LogP contribution in [-0.4, -0.2) is 42.5 Å². The maximum absolute atomic E-state index is 13.8. The average molecular weight is 450 g/mol. The van der Waals surface area contributed by atoms with Gasteiger partial charge in [0.15, 0.2) is 0 Å². The van der Waals surface area contributed by atoms with Gasteiger partial charge in [0.2, 0.25) is 5.91 Å². The van der Waals surface area contributed by atoms with Gasteiger partial charge in [0.25, 0.3) is 11.5 Å². The molecule has 1 amide bonds. The minimum atomic E-state index is -1.18. The summed E-state index contributed by atoms with van der Waals surface area (Å²) in [7, 11) is 6.73. The van der Waals surface area contributed by atoms with Gasteiger partial charge in [0, 0.05) is 30.8 Å². The van der Waals surface area contributed by atoms with E-state index >= 15 is 0 Å². The zero-order valence-electron chi connectivity index (χ0n) is 21.3. The monoisotopic (exact) mass is 450 g/mol. The van der Waals surface area contributed by atoms with E-state index in [1.807, 2.05) is 51.1 Å². The predicted molar refractivity (Wildman–Crippen MR) is 131 cm³/mol. The third-order valence-electron chi connectivity index (χ3n) is 7.24. The highest BCUT2D eigenvalue weighted by Gasteiger charge is 2.43. The van der Waals surface area contributed by atoms with E-state index in [0.29, 0.717) is 12.0 Å². The molecule has 0 saturated carbocycles. The van der Waals surface area contributed by atoms with Crippen molar-refractivity contribution in [3.63, 3.8) is 0 Å². The molecule has 2 aromatic rings. The minimum absolute atomic E-state index is 0.181. The van der Waals surface area contributed by atoms with Gasteiger partial charge in [0.1, 0.15) is 5.54 Å². The Bertz CT molecular complexity index is 1100. The Hall–Kier alpha value is -2.83. The molecule has 176 valence electrons. The third-order valence-corrected chi connectivity index (χ3v) is 7.24. The van der Waals surface area contributed by atoms with Crippen LogP contribution in [0.2, 0.25) is 0 Å². The first-order chi connectivity index (χ1) is 15.2. The number of likely N-dealkylation sites (N-methyl/N-ethyl adjacent to an activating group) is 1. The summed E-state index contributed by atoms with van der Waals surface area (Å²) in [5.74, 6) is -0.899. The third kappa shape index (κ3) is 4.77. The lowest BCUT2D eigenvalue weighted by Crippen LogP contribution is -2.56. The standard InChI is InChI=1S/C26H35BN2O4/c1-16-17(2)21(15-20-13-11-10-12-14-20)22(30)29(18(16)3)26(7,8)23(31)28(9)19(4)25(5,6)24(32)33-27/h10-14,19H,15H2,1-9H3. The van der Waals surface area contributed by atoms with Gasteiger partial charge >= 0.3 is 8.05 Å². The largest absolute Gasteiger partial charge is 0.543 e. The molecule has 1 unspecified atom stereocenters. The first-order valence-corrected chi connectivity index (χ1v) is 11.1. The van der Waals surface area contributed by atoms with Crippen LogP contribution in [-0.2, 0) is 26.2 Å². The van der Waals surface area contributed by atoms with E-state index in [1.165, 1.54) is 4.90 Å². The van der Waals surface area contributed by atoms with Crippen molar-refractivity contribution in [2.75, 3.05) is 7.05 Å². The van der Waals surface area contributed by atoms with Crippen LogP contribution in [0, 0.1) is 26.2 Å². The quantitative estimate of drug-likeness (QED) is 0.605. The molecule has 1 aromatic carbocycles. The van der Waals surface area contributed by atoms with Crippen molar-refractivity contribution in [2.24, 2.45) is 5.41 Å². The SMILES string of the molecule is [B]OC(=O)C(C)(C)C(C)N(C)C(=O)C(C)(C)n1c(C)c(C)c(C)c(Cc2ccccc2)c1=O. The van der Waals surface area contributed by atoms with Gasteiger partial charge in [-0.15, -0.1) is 0 Å². The van der Waals surface area contributed by atoms with Gasteiger partial charge in [-0.05, 0) is 72.1 Å². The summed E-state index contributed by atoms with van der Waals surface area (Å²) in [6, 6.07) is 9.29. The molecule has 2 rings (SSSR count). The van der Waals surface area contributed by atoms with Crippen molar-refractivity contribution in [3.8, 4) is 0 Å². The van der Waals surface area contributed by atoms with Crippen molar-refractivity contribution in [2.45, 2.75) is 73.4 Å². The first-order valence-electron chi connectivity index (χ1n) is 11.1. The highest BCUT2D eigenvalue weighted by Crippen LogP contribution is 2.30. The van der Waals surface area contributed by atoms with Gasteiger partial charge in [-0.25, -0.2) is 0 Å². The van der Waals surface area contributed by atoms with E-state index < -0.39 is 23.0 Å². The van der Waals surface area contributed by atoms with Crippen molar-refractivity contribution < 1.29 is 14.2 Å². The summed E-state index contributed by atoms with van der Waals surface area (Å²) in [5.41, 5.74) is 1.97. The lowest BCUT2D eigenvalue weighted by atomic mass is 9.83. The first kappa shape index (κ1) is 26.4. The topological polar surface area (TPSA) is 68.6 Å². The van der Waals surface area contributed by atoms with Gasteiger partial charge in [-0.2, -0.15) is 0 Å². The second-order valence-corrected chi connectivity index (χ2v) is 9.89. The molecular formula is C26H35BN2O4. The number of benzene rings is 1. The van der Waals surface area contributed by atoms with Crippen LogP contribution in [0.5, 0.6) is 0 Å². The summed E-state index contributed by atoms with van der Waals surface area (Å²) in [6.45, 7) is 14.4. The van der Waals surface area contributed by atoms with E-state index in [-0.39, 0.29) is 11.5 Å². The number of hydrogen-bond donors (Lipinski definition) is 0. The molecule has 0 spiro atoms. The van der Waals surface area contributed by atoms with Gasteiger partial charge < -0.3 is 9.55 Å². The van der Waals surface area contributed by atoms with Crippen LogP contribution in [0.15, 0.2) is 35.1 Å². The molecule has 0 aliphatic carbocycles. The molecular weight excluding hydrogens is 415 g/mol. The molecule has 0 N–H and O–H groups in total. The van der Waals surface area contributed by atoms with Gasteiger partial charge in [0.05, 0.1) is 5.41 Å². The van der Waals surface area contributed by atoms with Crippen LogP contribution < -0.4 is 5.56 Å². The Kier molecular flexibility index (Phi) is 7.67. The summed E-state index contributed by atoms with van der Waals surface area (Å²) < 4.78 is 6.03. The zero-order valence-corrected chi connectivity index (χ0v) is 21.3. The maximum atomic E-state index is 13.8. The second kappa shape index (κ2) is 9.58. The summed E-state index contributed by atoms with van der Waals surface area (Å²) >= 11 is 0. The highest BCUT2D eigenvalue weighted by molar-refractivity contribution is 6.06. The molecule has 0 aliphatic heterocycles. The molecule has 1 heterocycles. The van der Waals surface area contributed by atoms with E-state index in [0.717, 1.165) is 22.4 Å². The smallest absolute Gasteiger partial charge is 0.378 e. The number of rotatable bonds is 7.